The van der Waals surface area contributed by atoms with Crippen LogP contribution in [0, 0.1) is 25.2 Å². The molecule has 2 aromatic carbocycles. The fourth-order valence-electron chi connectivity index (χ4n) is 7.56. The highest BCUT2D eigenvalue weighted by molar-refractivity contribution is 6.02. The molecule has 1 amide bonds. The van der Waals surface area contributed by atoms with Crippen LogP contribution >= 0.6 is 0 Å². The third-order valence-corrected chi connectivity index (χ3v) is 10.8. The van der Waals surface area contributed by atoms with Crippen molar-refractivity contribution in [2.45, 2.75) is 46.3 Å². The predicted molar refractivity (Wildman–Crippen MR) is 205 cm³/mol. The van der Waals surface area contributed by atoms with Crippen LogP contribution < -0.4 is 19.8 Å². The standard InChI is InChI=1S/C42H48N6O5/c1-27-28(2)41(49)45(4)25-36(27)32-20-38(51-5)37(39(21-32)52-6)26-47-17-15-46(16-18-47)24-31-9-8-10-34-29(3)48(14-13-35(31)34)42(50)33(22-43)19-30-11-12-40(53-7)44-23-30/h8-12,19-21,23,25,29H,13-18,24,26H2,1-7H3/b33-19+. The molecule has 11 heteroatoms. The number of carbonyl (C=O) groups is 1. The summed E-state index contributed by atoms with van der Waals surface area (Å²) in [5.41, 5.74) is 9.09. The molecule has 0 aliphatic carbocycles. The van der Waals surface area contributed by atoms with Crippen LogP contribution in [0.1, 0.15) is 51.9 Å². The van der Waals surface area contributed by atoms with Crippen LogP contribution in [0.25, 0.3) is 17.2 Å². The van der Waals surface area contributed by atoms with Crippen LogP contribution in [0.3, 0.4) is 0 Å². The van der Waals surface area contributed by atoms with Crippen molar-refractivity contribution >= 4 is 12.0 Å². The maximum atomic E-state index is 13.6. The van der Waals surface area contributed by atoms with Crippen LogP contribution in [0.2, 0.25) is 0 Å². The first-order valence-electron chi connectivity index (χ1n) is 18.0. The molecule has 4 heterocycles. The van der Waals surface area contributed by atoms with Gasteiger partial charge < -0.3 is 23.7 Å². The van der Waals surface area contributed by atoms with E-state index in [0.29, 0.717) is 24.5 Å². The van der Waals surface area contributed by atoms with E-state index in [1.807, 2.05) is 39.1 Å². The van der Waals surface area contributed by atoms with Gasteiger partial charge in [0.15, 0.2) is 0 Å². The average molecular weight is 717 g/mol. The number of pyridine rings is 2. The topological polar surface area (TPSA) is 113 Å². The van der Waals surface area contributed by atoms with Crippen molar-refractivity contribution < 1.29 is 19.0 Å². The van der Waals surface area contributed by atoms with Crippen molar-refractivity contribution in [3.63, 3.8) is 0 Å². The minimum atomic E-state index is -0.275. The lowest BCUT2D eigenvalue weighted by molar-refractivity contribution is -0.129. The van der Waals surface area contributed by atoms with E-state index >= 15 is 0 Å². The Kier molecular flexibility index (Phi) is 11.3. The molecule has 4 aromatic rings. The number of benzene rings is 2. The zero-order valence-electron chi connectivity index (χ0n) is 31.7. The highest BCUT2D eigenvalue weighted by atomic mass is 16.5. The molecule has 1 unspecified atom stereocenters. The zero-order valence-corrected chi connectivity index (χ0v) is 31.7. The van der Waals surface area contributed by atoms with Gasteiger partial charge in [-0.1, -0.05) is 18.2 Å². The average Bonchev–Trinajstić information content (AvgIpc) is 3.18. The molecule has 1 saturated heterocycles. The fourth-order valence-corrected chi connectivity index (χ4v) is 7.56. The summed E-state index contributed by atoms with van der Waals surface area (Å²) in [5, 5.41) is 9.90. The zero-order chi connectivity index (χ0) is 37.8. The molecular formula is C42H48N6O5. The SMILES string of the molecule is COc1ccc(/C=C(\C#N)C(=O)N2CCc3c(CN4CCN(Cc5c(OC)cc(-c6cn(C)c(=O)c(C)c6C)cc5OC)CC4)cccc3C2C)cn1. The lowest BCUT2D eigenvalue weighted by Crippen LogP contribution is -2.45. The number of piperazine rings is 1. The fraction of sp³-hybridized carbons (Fsp3) is 0.381. The highest BCUT2D eigenvalue weighted by Crippen LogP contribution is 2.38. The molecule has 0 N–H and O–H groups in total. The molecule has 2 aromatic heterocycles. The van der Waals surface area contributed by atoms with Crippen LogP contribution in [0.4, 0.5) is 0 Å². The molecule has 2 aliphatic rings. The van der Waals surface area contributed by atoms with Crippen molar-refractivity contribution in [3.05, 3.63) is 110 Å². The Hall–Kier alpha value is -5.44. The third kappa shape index (κ3) is 7.70. The summed E-state index contributed by atoms with van der Waals surface area (Å²) < 4.78 is 18.6. The Bertz CT molecular complexity index is 2100. The molecule has 0 spiro atoms. The van der Waals surface area contributed by atoms with Crippen molar-refractivity contribution in [3.8, 4) is 34.6 Å². The number of amides is 1. The van der Waals surface area contributed by atoms with E-state index in [9.17, 15) is 14.9 Å². The van der Waals surface area contributed by atoms with Gasteiger partial charge in [0, 0.05) is 82.4 Å². The molecule has 0 radical (unpaired) electrons. The van der Waals surface area contributed by atoms with Crippen LogP contribution in [0.15, 0.2) is 65.2 Å². The van der Waals surface area contributed by atoms with Crippen molar-refractivity contribution in [2.24, 2.45) is 7.05 Å². The Morgan fingerprint density at radius 2 is 1.62 bits per heavy atom. The molecular weight excluding hydrogens is 668 g/mol. The summed E-state index contributed by atoms with van der Waals surface area (Å²) in [7, 11) is 6.70. The molecule has 276 valence electrons. The second-order valence-electron chi connectivity index (χ2n) is 13.8. The number of hydrogen-bond acceptors (Lipinski definition) is 9. The summed E-state index contributed by atoms with van der Waals surface area (Å²) in [5.74, 6) is 1.73. The van der Waals surface area contributed by atoms with E-state index < -0.39 is 0 Å². The quantitative estimate of drug-likeness (QED) is 0.156. The molecule has 1 fully saturated rings. The first-order chi connectivity index (χ1) is 25.6. The number of hydrogen-bond donors (Lipinski definition) is 0. The number of nitrogens with zero attached hydrogens (tertiary/aromatic N) is 6. The van der Waals surface area contributed by atoms with Gasteiger partial charge in [-0.15, -0.1) is 0 Å². The number of aromatic nitrogens is 2. The van der Waals surface area contributed by atoms with Gasteiger partial charge in [0.2, 0.25) is 5.88 Å². The number of aryl methyl sites for hydroxylation is 1. The monoisotopic (exact) mass is 716 g/mol. The Morgan fingerprint density at radius 1 is 0.943 bits per heavy atom. The van der Waals surface area contributed by atoms with Gasteiger partial charge in [0.25, 0.3) is 11.5 Å². The predicted octanol–water partition coefficient (Wildman–Crippen LogP) is 5.46. The third-order valence-electron chi connectivity index (χ3n) is 10.8. The summed E-state index contributed by atoms with van der Waals surface area (Å²) in [6, 6.07) is 15.9. The van der Waals surface area contributed by atoms with E-state index in [0.717, 1.165) is 84.0 Å². The normalized spacial score (nSPS) is 16.5. The van der Waals surface area contributed by atoms with Gasteiger partial charge in [-0.2, -0.15) is 5.26 Å². The molecule has 2 aliphatic heterocycles. The Labute approximate surface area is 311 Å². The summed E-state index contributed by atoms with van der Waals surface area (Å²) >= 11 is 0. The van der Waals surface area contributed by atoms with Crippen molar-refractivity contribution in [1.29, 1.82) is 5.26 Å². The summed E-state index contributed by atoms with van der Waals surface area (Å²) in [6.07, 6.45) is 5.79. The van der Waals surface area contributed by atoms with E-state index in [-0.39, 0.29) is 23.1 Å². The van der Waals surface area contributed by atoms with Crippen molar-refractivity contribution in [1.82, 2.24) is 24.3 Å². The van der Waals surface area contributed by atoms with Crippen LogP contribution in [0.5, 0.6) is 17.4 Å². The minimum Gasteiger partial charge on any atom is -0.496 e. The summed E-state index contributed by atoms with van der Waals surface area (Å²) in [4.78, 5) is 37.0. The van der Waals surface area contributed by atoms with E-state index in [4.69, 9.17) is 14.2 Å². The highest BCUT2D eigenvalue weighted by Gasteiger charge is 2.31. The number of fused-ring (bicyclic) bond motifs is 1. The van der Waals surface area contributed by atoms with Gasteiger partial charge in [-0.05, 0) is 84.8 Å². The maximum Gasteiger partial charge on any atom is 0.265 e. The first kappa shape index (κ1) is 37.3. The van der Waals surface area contributed by atoms with Crippen LogP contribution in [-0.2, 0) is 31.4 Å². The largest absolute Gasteiger partial charge is 0.496 e. The molecule has 6 rings (SSSR count). The second-order valence-corrected chi connectivity index (χ2v) is 13.8. The number of methoxy groups -OCH3 is 3. The van der Waals surface area contributed by atoms with Gasteiger partial charge >= 0.3 is 0 Å². The Morgan fingerprint density at radius 3 is 2.23 bits per heavy atom. The molecule has 0 bridgehead atoms. The first-order valence-corrected chi connectivity index (χ1v) is 18.0. The number of rotatable bonds is 10. The van der Waals surface area contributed by atoms with Gasteiger partial charge in [0.1, 0.15) is 23.1 Å². The molecule has 1 atom stereocenters. The van der Waals surface area contributed by atoms with E-state index in [1.165, 1.54) is 11.1 Å². The van der Waals surface area contributed by atoms with E-state index in [2.05, 4.69) is 39.1 Å². The number of ether oxygens (including phenoxy) is 3. The smallest absolute Gasteiger partial charge is 0.265 e. The molecule has 11 nitrogen and oxygen atoms in total. The lowest BCUT2D eigenvalue weighted by atomic mass is 9.89. The van der Waals surface area contributed by atoms with Gasteiger partial charge in [-0.3, -0.25) is 19.4 Å². The second kappa shape index (κ2) is 16.1. The van der Waals surface area contributed by atoms with Crippen molar-refractivity contribution in [2.75, 3.05) is 54.1 Å². The van der Waals surface area contributed by atoms with E-state index in [1.54, 1.807) is 62.2 Å². The molecule has 53 heavy (non-hydrogen) atoms. The minimum absolute atomic E-state index is 0.00402. The lowest BCUT2D eigenvalue weighted by Gasteiger charge is -2.38. The number of carbonyl (C=O) groups excluding carboxylic acids is 1. The van der Waals surface area contributed by atoms with Gasteiger partial charge in [-0.25, -0.2) is 4.98 Å². The molecule has 0 saturated carbocycles. The van der Waals surface area contributed by atoms with Gasteiger partial charge in [0.05, 0.1) is 32.9 Å². The maximum absolute atomic E-state index is 13.6. The Balaban J connectivity index is 1.12. The summed E-state index contributed by atoms with van der Waals surface area (Å²) in [6.45, 7) is 11.6. The number of nitriles is 1. The van der Waals surface area contributed by atoms with Crippen LogP contribution in [-0.4, -0.2) is 84.2 Å².